The molecule has 0 aliphatic carbocycles. The molecule has 25 heavy (non-hydrogen) atoms. The molecule has 0 aromatic heterocycles. The van der Waals surface area contributed by atoms with E-state index in [4.69, 9.17) is 9.47 Å². The van der Waals surface area contributed by atoms with Crippen molar-refractivity contribution in [2.45, 2.75) is 64.3 Å². The maximum atomic E-state index is 12.6. The lowest BCUT2D eigenvalue weighted by Gasteiger charge is -2.30. The number of amides is 1. The average molecular weight is 345 g/mol. The first-order valence-electron chi connectivity index (χ1n) is 8.64. The molecular weight excluding hydrogens is 318 g/mol. The van der Waals surface area contributed by atoms with Gasteiger partial charge in [-0.15, -0.1) is 6.58 Å². The molecule has 2 rings (SSSR count). The molecule has 1 aliphatic heterocycles. The molecule has 5 heteroatoms. The summed E-state index contributed by atoms with van der Waals surface area (Å²) in [6.07, 6.45) is 3.22. The van der Waals surface area contributed by atoms with Gasteiger partial charge in [0.1, 0.15) is 18.2 Å². The fourth-order valence-corrected chi connectivity index (χ4v) is 2.98. The second kappa shape index (κ2) is 8.19. The van der Waals surface area contributed by atoms with Gasteiger partial charge in [-0.3, -0.25) is 4.90 Å². The summed E-state index contributed by atoms with van der Waals surface area (Å²) in [5.41, 5.74) is 0.317. The number of carbonyl (C=O) groups is 2. The second-order valence-corrected chi connectivity index (χ2v) is 7.25. The summed E-state index contributed by atoms with van der Waals surface area (Å²) >= 11 is 0. The van der Waals surface area contributed by atoms with Gasteiger partial charge in [0, 0.05) is 6.04 Å². The highest BCUT2D eigenvalue weighted by atomic mass is 16.6. The minimum Gasteiger partial charge on any atom is -0.458 e. The van der Waals surface area contributed by atoms with Crippen LogP contribution in [-0.2, 0) is 20.9 Å². The van der Waals surface area contributed by atoms with Crippen LogP contribution in [0.3, 0.4) is 0 Å². The van der Waals surface area contributed by atoms with Crippen molar-refractivity contribution in [3.8, 4) is 0 Å². The van der Waals surface area contributed by atoms with Gasteiger partial charge >= 0.3 is 12.1 Å². The summed E-state index contributed by atoms with van der Waals surface area (Å²) in [5.74, 6) is -0.379. The van der Waals surface area contributed by atoms with Gasteiger partial charge in [0.2, 0.25) is 0 Å². The van der Waals surface area contributed by atoms with Crippen LogP contribution < -0.4 is 0 Å². The third-order valence-corrected chi connectivity index (χ3v) is 4.04. The lowest BCUT2D eigenvalue weighted by atomic mass is 10.1. The van der Waals surface area contributed by atoms with Crippen LogP contribution in [0.25, 0.3) is 0 Å². The number of ether oxygens (including phenoxy) is 2. The summed E-state index contributed by atoms with van der Waals surface area (Å²) in [6, 6.07) is 8.79. The minimum absolute atomic E-state index is 0.0849. The third kappa shape index (κ3) is 5.34. The molecule has 0 bridgehead atoms. The van der Waals surface area contributed by atoms with Crippen molar-refractivity contribution in [2.75, 3.05) is 0 Å². The van der Waals surface area contributed by atoms with E-state index < -0.39 is 17.7 Å². The maximum absolute atomic E-state index is 12.6. The van der Waals surface area contributed by atoms with E-state index in [1.807, 2.05) is 51.1 Å². The normalized spacial score (nSPS) is 20.2. The Kier molecular flexibility index (Phi) is 6.23. The van der Waals surface area contributed by atoms with Crippen LogP contribution in [0.1, 0.15) is 45.6 Å². The van der Waals surface area contributed by atoms with Crippen LogP contribution >= 0.6 is 0 Å². The fourth-order valence-electron chi connectivity index (χ4n) is 2.98. The minimum atomic E-state index is -0.604. The number of rotatable bonds is 5. The number of benzene rings is 1. The topological polar surface area (TPSA) is 55.8 Å². The smallest absolute Gasteiger partial charge is 0.411 e. The van der Waals surface area contributed by atoms with Crippen LogP contribution in [0.5, 0.6) is 0 Å². The van der Waals surface area contributed by atoms with Gasteiger partial charge in [-0.25, -0.2) is 9.59 Å². The highest BCUT2D eigenvalue weighted by Gasteiger charge is 2.43. The Morgan fingerprint density at radius 3 is 2.52 bits per heavy atom. The number of hydrogen-bond donors (Lipinski definition) is 0. The van der Waals surface area contributed by atoms with Crippen molar-refractivity contribution in [3.05, 3.63) is 48.6 Å². The van der Waals surface area contributed by atoms with Crippen molar-refractivity contribution in [3.63, 3.8) is 0 Å². The van der Waals surface area contributed by atoms with Crippen molar-refractivity contribution < 1.29 is 19.1 Å². The van der Waals surface area contributed by atoms with Crippen molar-refractivity contribution in [1.29, 1.82) is 0 Å². The van der Waals surface area contributed by atoms with Gasteiger partial charge < -0.3 is 9.47 Å². The molecule has 0 saturated carbocycles. The molecule has 0 radical (unpaired) electrons. The van der Waals surface area contributed by atoms with Gasteiger partial charge in [-0.1, -0.05) is 36.4 Å². The molecule has 1 saturated heterocycles. The molecule has 1 aromatic rings. The van der Waals surface area contributed by atoms with Gasteiger partial charge in [-0.05, 0) is 45.6 Å². The molecule has 0 N–H and O–H groups in total. The first kappa shape index (κ1) is 19.0. The fraction of sp³-hybridized carbons (Fsp3) is 0.500. The van der Waals surface area contributed by atoms with Gasteiger partial charge in [0.05, 0.1) is 0 Å². The highest BCUT2D eigenvalue weighted by Crippen LogP contribution is 2.29. The first-order chi connectivity index (χ1) is 11.8. The summed E-state index contributed by atoms with van der Waals surface area (Å²) in [7, 11) is 0. The molecule has 1 aromatic carbocycles. The lowest BCUT2D eigenvalue weighted by Crippen LogP contribution is -2.47. The molecular formula is C20H27NO4. The predicted octanol–water partition coefficient (Wildman–Crippen LogP) is 4.07. The Balaban J connectivity index is 2.08. The molecule has 5 nitrogen and oxygen atoms in total. The Morgan fingerprint density at radius 1 is 1.24 bits per heavy atom. The largest absolute Gasteiger partial charge is 0.458 e. The van der Waals surface area contributed by atoms with E-state index in [0.29, 0.717) is 12.8 Å². The average Bonchev–Trinajstić information content (AvgIpc) is 2.96. The van der Waals surface area contributed by atoms with E-state index in [9.17, 15) is 9.59 Å². The van der Waals surface area contributed by atoms with Gasteiger partial charge in [0.25, 0.3) is 0 Å². The monoisotopic (exact) mass is 345 g/mol. The van der Waals surface area contributed by atoms with E-state index in [1.54, 1.807) is 6.08 Å². The molecule has 1 fully saturated rings. The van der Waals surface area contributed by atoms with Crippen molar-refractivity contribution >= 4 is 12.1 Å². The Bertz CT molecular complexity index is 606. The van der Waals surface area contributed by atoms with Crippen LogP contribution in [0.2, 0.25) is 0 Å². The number of nitrogens with zero attached hydrogens (tertiary/aromatic N) is 1. The molecule has 1 amide bonds. The molecule has 1 heterocycles. The predicted molar refractivity (Wildman–Crippen MR) is 95.9 cm³/mol. The van der Waals surface area contributed by atoms with Crippen LogP contribution in [0.4, 0.5) is 4.79 Å². The van der Waals surface area contributed by atoms with E-state index in [-0.39, 0.29) is 18.6 Å². The standard InChI is InChI=1S/C20H27NO4/c1-5-9-16-12-13-17(18(22)25-20(2,3)4)21(16)19(23)24-14-15-10-7-6-8-11-15/h5-8,10-11,16-17H,1,9,12-14H2,2-4H3/t16-,17+/m1/s1. The molecule has 2 atom stereocenters. The van der Waals surface area contributed by atoms with E-state index in [2.05, 4.69) is 6.58 Å². The first-order valence-corrected chi connectivity index (χ1v) is 8.64. The molecule has 136 valence electrons. The van der Waals surface area contributed by atoms with Crippen LogP contribution in [-0.4, -0.2) is 34.6 Å². The Morgan fingerprint density at radius 2 is 1.92 bits per heavy atom. The summed E-state index contributed by atoms with van der Waals surface area (Å²) in [6.45, 7) is 9.38. The van der Waals surface area contributed by atoms with Gasteiger partial charge in [0.15, 0.2) is 0 Å². The van der Waals surface area contributed by atoms with Crippen LogP contribution in [0.15, 0.2) is 43.0 Å². The lowest BCUT2D eigenvalue weighted by molar-refractivity contribution is -0.160. The summed E-state index contributed by atoms with van der Waals surface area (Å²) in [5, 5.41) is 0. The second-order valence-electron chi connectivity index (χ2n) is 7.25. The van der Waals surface area contributed by atoms with Gasteiger partial charge in [-0.2, -0.15) is 0 Å². The van der Waals surface area contributed by atoms with E-state index >= 15 is 0 Å². The quantitative estimate of drug-likeness (QED) is 0.596. The SMILES string of the molecule is C=CC[C@@H]1CC[C@@H](C(=O)OC(C)(C)C)N1C(=O)OCc1ccccc1. The third-order valence-electron chi connectivity index (χ3n) is 4.04. The molecule has 0 spiro atoms. The number of hydrogen-bond acceptors (Lipinski definition) is 4. The number of esters is 1. The van der Waals surface area contributed by atoms with E-state index in [0.717, 1.165) is 12.0 Å². The van der Waals surface area contributed by atoms with Crippen LogP contribution in [0, 0.1) is 0 Å². The summed E-state index contributed by atoms with van der Waals surface area (Å²) < 4.78 is 10.9. The Hall–Kier alpha value is -2.30. The highest BCUT2D eigenvalue weighted by molar-refractivity contribution is 5.82. The van der Waals surface area contributed by atoms with Crippen molar-refractivity contribution in [2.24, 2.45) is 0 Å². The summed E-state index contributed by atoms with van der Waals surface area (Å²) in [4.78, 5) is 26.7. The number of likely N-dealkylation sites (tertiary alicyclic amines) is 1. The molecule has 1 aliphatic rings. The van der Waals surface area contributed by atoms with E-state index in [1.165, 1.54) is 4.90 Å². The number of carbonyl (C=O) groups excluding carboxylic acids is 2. The van der Waals surface area contributed by atoms with Crippen molar-refractivity contribution in [1.82, 2.24) is 4.90 Å². The zero-order valence-corrected chi connectivity index (χ0v) is 15.2. The zero-order chi connectivity index (χ0) is 18.4. The zero-order valence-electron chi connectivity index (χ0n) is 15.2. The molecule has 0 unspecified atom stereocenters. The maximum Gasteiger partial charge on any atom is 0.411 e. The Labute approximate surface area is 149 Å².